The molecule has 0 saturated heterocycles. The Morgan fingerprint density at radius 3 is 2.57 bits per heavy atom. The van der Waals surface area contributed by atoms with Crippen molar-refractivity contribution in [2.75, 3.05) is 17.1 Å². The number of hydrogen-bond donors (Lipinski definition) is 2. The van der Waals surface area contributed by atoms with E-state index in [9.17, 15) is 8.42 Å². The highest BCUT2D eigenvalue weighted by Crippen LogP contribution is 2.26. The van der Waals surface area contributed by atoms with E-state index in [1.807, 2.05) is 6.07 Å². The minimum atomic E-state index is -3.68. The van der Waals surface area contributed by atoms with Crippen LogP contribution in [0, 0.1) is 6.92 Å². The molecule has 1 aromatic carbocycles. The summed E-state index contributed by atoms with van der Waals surface area (Å²) in [6, 6.07) is 8.84. The van der Waals surface area contributed by atoms with Crippen molar-refractivity contribution in [3.8, 4) is 5.75 Å². The Kier molecular flexibility index (Phi) is 4.12. The van der Waals surface area contributed by atoms with E-state index in [0.717, 1.165) is 5.69 Å². The number of sulfonamides is 1. The van der Waals surface area contributed by atoms with Crippen LogP contribution in [0.3, 0.4) is 0 Å². The van der Waals surface area contributed by atoms with Gasteiger partial charge in [-0.1, -0.05) is 0 Å². The van der Waals surface area contributed by atoms with Crippen molar-refractivity contribution in [3.05, 3.63) is 42.1 Å². The summed E-state index contributed by atoms with van der Waals surface area (Å²) in [5.74, 6) is 0.914. The topological polar surface area (TPSA) is 80.3 Å². The lowest BCUT2D eigenvalue weighted by Gasteiger charge is -2.11. The number of hydrogen-bond acceptors (Lipinski definition) is 5. The molecule has 7 heteroatoms. The Labute approximate surface area is 136 Å². The molecule has 3 rings (SSSR count). The minimum Gasteiger partial charge on any atom is -0.497 e. The number of rotatable bonds is 6. The maximum Gasteiger partial charge on any atom is 0.263 e. The van der Waals surface area contributed by atoms with Gasteiger partial charge in [-0.3, -0.25) is 4.72 Å². The molecule has 0 unspecified atom stereocenters. The van der Waals surface area contributed by atoms with Crippen molar-refractivity contribution in [2.45, 2.75) is 30.7 Å². The number of benzene rings is 1. The zero-order valence-corrected chi connectivity index (χ0v) is 13.9. The zero-order valence-electron chi connectivity index (χ0n) is 13.0. The number of methoxy groups -OCH3 is 1. The van der Waals surface area contributed by atoms with Gasteiger partial charge >= 0.3 is 0 Å². The summed E-state index contributed by atoms with van der Waals surface area (Å²) < 4.78 is 32.6. The molecule has 0 spiro atoms. The van der Waals surface area contributed by atoms with E-state index >= 15 is 0 Å². The first kappa shape index (κ1) is 15.6. The average molecular weight is 333 g/mol. The van der Waals surface area contributed by atoms with Gasteiger partial charge in [0.05, 0.1) is 23.9 Å². The first-order valence-electron chi connectivity index (χ1n) is 7.38. The summed E-state index contributed by atoms with van der Waals surface area (Å²) in [7, 11) is -2.14. The number of pyridine rings is 1. The quantitative estimate of drug-likeness (QED) is 0.849. The summed E-state index contributed by atoms with van der Waals surface area (Å²) in [6.45, 7) is 1.73. The fraction of sp³-hybridized carbons (Fsp3) is 0.312. The van der Waals surface area contributed by atoms with Crippen molar-refractivity contribution in [1.29, 1.82) is 0 Å². The molecule has 0 radical (unpaired) electrons. The highest BCUT2D eigenvalue weighted by molar-refractivity contribution is 7.92. The first-order valence-corrected chi connectivity index (χ1v) is 8.86. The van der Waals surface area contributed by atoms with E-state index in [-0.39, 0.29) is 4.90 Å². The molecule has 6 nitrogen and oxygen atoms in total. The van der Waals surface area contributed by atoms with E-state index in [2.05, 4.69) is 15.0 Å². The number of nitrogens with one attached hydrogen (secondary N) is 2. The van der Waals surface area contributed by atoms with Crippen LogP contribution in [0.15, 0.2) is 41.4 Å². The molecular formula is C16H19N3O3S. The molecule has 0 bridgehead atoms. The normalized spacial score (nSPS) is 14.3. The molecular weight excluding hydrogens is 314 g/mol. The highest BCUT2D eigenvalue weighted by Gasteiger charge is 2.21. The lowest BCUT2D eigenvalue weighted by atomic mass is 10.2. The molecule has 1 aliphatic carbocycles. The van der Waals surface area contributed by atoms with Crippen LogP contribution >= 0.6 is 0 Å². The van der Waals surface area contributed by atoms with Gasteiger partial charge in [0.15, 0.2) is 0 Å². The first-order chi connectivity index (χ1) is 11.0. The van der Waals surface area contributed by atoms with Gasteiger partial charge in [0, 0.05) is 6.04 Å². The smallest absolute Gasteiger partial charge is 0.263 e. The molecule has 1 aliphatic rings. The van der Waals surface area contributed by atoms with Crippen molar-refractivity contribution >= 4 is 21.5 Å². The molecule has 1 aromatic heterocycles. The molecule has 0 aliphatic heterocycles. The fourth-order valence-corrected chi connectivity index (χ4v) is 3.48. The number of aryl methyl sites for hydroxylation is 1. The molecule has 0 atom stereocenters. The third-order valence-electron chi connectivity index (χ3n) is 3.62. The predicted molar refractivity (Wildman–Crippen MR) is 89.4 cm³/mol. The Morgan fingerprint density at radius 2 is 2.00 bits per heavy atom. The van der Waals surface area contributed by atoms with E-state index in [0.29, 0.717) is 23.2 Å². The molecule has 1 saturated carbocycles. The Hall–Kier alpha value is -2.28. The molecule has 1 heterocycles. The van der Waals surface area contributed by atoms with Crippen LogP contribution in [-0.4, -0.2) is 26.6 Å². The van der Waals surface area contributed by atoms with Gasteiger partial charge in [-0.25, -0.2) is 13.4 Å². The van der Waals surface area contributed by atoms with Crippen LogP contribution in [0.1, 0.15) is 18.4 Å². The standard InChI is InChI=1S/C16H19N3O3S/c1-11-9-14(22-2)6-7-15(11)23(20,21)19-16-8-5-13(10-17-16)18-12-3-4-12/h5-10,12,18H,3-4H2,1-2H3,(H,17,19). The van der Waals surface area contributed by atoms with Crippen LogP contribution in [0.25, 0.3) is 0 Å². The van der Waals surface area contributed by atoms with Gasteiger partial charge in [-0.15, -0.1) is 0 Å². The number of anilines is 2. The van der Waals surface area contributed by atoms with Crippen LogP contribution in [0.5, 0.6) is 5.75 Å². The van der Waals surface area contributed by atoms with E-state index in [1.165, 1.54) is 18.9 Å². The van der Waals surface area contributed by atoms with Gasteiger partial charge in [0.25, 0.3) is 10.0 Å². The van der Waals surface area contributed by atoms with Gasteiger partial charge in [-0.2, -0.15) is 0 Å². The van der Waals surface area contributed by atoms with Crippen molar-refractivity contribution in [1.82, 2.24) is 4.98 Å². The average Bonchev–Trinajstić information content (AvgIpc) is 3.32. The van der Waals surface area contributed by atoms with Crippen molar-refractivity contribution in [3.63, 3.8) is 0 Å². The largest absolute Gasteiger partial charge is 0.497 e. The monoisotopic (exact) mass is 333 g/mol. The third-order valence-corrected chi connectivity index (χ3v) is 5.14. The Bertz CT molecular complexity index is 800. The van der Waals surface area contributed by atoms with Gasteiger partial charge in [-0.05, 0) is 55.7 Å². The van der Waals surface area contributed by atoms with Crippen LogP contribution in [-0.2, 0) is 10.0 Å². The lowest BCUT2D eigenvalue weighted by molar-refractivity contribution is 0.414. The van der Waals surface area contributed by atoms with Crippen molar-refractivity contribution < 1.29 is 13.2 Å². The van der Waals surface area contributed by atoms with Crippen LogP contribution < -0.4 is 14.8 Å². The van der Waals surface area contributed by atoms with E-state index in [4.69, 9.17) is 4.74 Å². The maximum atomic E-state index is 12.5. The van der Waals surface area contributed by atoms with Crippen LogP contribution in [0.4, 0.5) is 11.5 Å². The lowest BCUT2D eigenvalue weighted by Crippen LogP contribution is -2.15. The molecule has 1 fully saturated rings. The predicted octanol–water partition coefficient (Wildman–Crippen LogP) is 2.77. The molecule has 2 aromatic rings. The highest BCUT2D eigenvalue weighted by atomic mass is 32.2. The number of aromatic nitrogens is 1. The molecule has 122 valence electrons. The van der Waals surface area contributed by atoms with Gasteiger partial charge in [0.2, 0.25) is 0 Å². The van der Waals surface area contributed by atoms with E-state index in [1.54, 1.807) is 38.4 Å². The molecule has 0 amide bonds. The summed E-state index contributed by atoms with van der Waals surface area (Å²) in [6.07, 6.45) is 3.98. The number of ether oxygens (including phenoxy) is 1. The van der Waals surface area contributed by atoms with Gasteiger partial charge < -0.3 is 10.1 Å². The Balaban J connectivity index is 1.77. The SMILES string of the molecule is COc1ccc(S(=O)(=O)Nc2ccc(NC3CC3)cn2)c(C)c1. The second-order valence-electron chi connectivity index (χ2n) is 5.59. The van der Waals surface area contributed by atoms with Crippen LogP contribution in [0.2, 0.25) is 0 Å². The summed E-state index contributed by atoms with van der Waals surface area (Å²) in [5, 5.41) is 3.31. The zero-order chi connectivity index (χ0) is 16.4. The minimum absolute atomic E-state index is 0.209. The summed E-state index contributed by atoms with van der Waals surface area (Å²) in [4.78, 5) is 4.36. The Morgan fingerprint density at radius 1 is 1.22 bits per heavy atom. The second kappa shape index (κ2) is 6.08. The fourth-order valence-electron chi connectivity index (χ4n) is 2.25. The maximum absolute atomic E-state index is 12.5. The van der Waals surface area contributed by atoms with E-state index < -0.39 is 10.0 Å². The molecule has 2 N–H and O–H groups in total. The second-order valence-corrected chi connectivity index (χ2v) is 7.24. The van der Waals surface area contributed by atoms with Gasteiger partial charge in [0.1, 0.15) is 11.6 Å². The molecule has 23 heavy (non-hydrogen) atoms. The number of nitrogens with zero attached hydrogens (tertiary/aromatic N) is 1. The summed E-state index contributed by atoms with van der Waals surface area (Å²) >= 11 is 0. The summed E-state index contributed by atoms with van der Waals surface area (Å²) in [5.41, 5.74) is 1.51. The van der Waals surface area contributed by atoms with Crippen molar-refractivity contribution in [2.24, 2.45) is 0 Å². The third kappa shape index (κ3) is 3.73.